The molecule has 0 aliphatic carbocycles. The first-order chi connectivity index (χ1) is 14.6. The molecule has 1 N–H and O–H groups in total. The molecule has 2 aromatic carbocycles. The van der Waals surface area contributed by atoms with Crippen LogP contribution in [-0.2, 0) is 27.4 Å². The molecule has 0 aromatic heterocycles. The molecule has 1 unspecified atom stereocenters. The third-order valence-electron chi connectivity index (χ3n) is 5.20. The summed E-state index contributed by atoms with van der Waals surface area (Å²) < 4.78 is 64.8. The van der Waals surface area contributed by atoms with Crippen LogP contribution in [0, 0.1) is 5.92 Å². The van der Waals surface area contributed by atoms with Crippen LogP contribution in [0.2, 0.25) is 5.02 Å². The van der Waals surface area contributed by atoms with Gasteiger partial charge in [-0.25, -0.2) is 8.42 Å². The first-order valence-corrected chi connectivity index (χ1v) is 11.6. The molecule has 0 bridgehead atoms. The maximum absolute atomic E-state index is 12.8. The number of benzene rings is 2. The third kappa shape index (κ3) is 5.99. The van der Waals surface area contributed by atoms with E-state index in [0.717, 1.165) is 12.1 Å². The van der Waals surface area contributed by atoms with Crippen LogP contribution in [-0.4, -0.2) is 38.3 Å². The summed E-state index contributed by atoms with van der Waals surface area (Å²) in [6, 6.07) is 10.7. The molecular formula is C21H22ClF3N2O3S. The molecule has 1 fully saturated rings. The lowest BCUT2D eigenvalue weighted by Crippen LogP contribution is -2.45. The summed E-state index contributed by atoms with van der Waals surface area (Å²) in [5, 5.41) is 3.20. The molecule has 168 valence electrons. The van der Waals surface area contributed by atoms with Crippen LogP contribution < -0.4 is 5.32 Å². The van der Waals surface area contributed by atoms with E-state index in [0.29, 0.717) is 36.4 Å². The molecule has 0 radical (unpaired) electrons. The molecule has 31 heavy (non-hydrogen) atoms. The van der Waals surface area contributed by atoms with Crippen molar-refractivity contribution in [3.63, 3.8) is 0 Å². The fourth-order valence-corrected chi connectivity index (χ4v) is 5.11. The largest absolute Gasteiger partial charge is 0.416 e. The Morgan fingerprint density at radius 3 is 2.35 bits per heavy atom. The van der Waals surface area contributed by atoms with Crippen LogP contribution in [0.25, 0.3) is 0 Å². The van der Waals surface area contributed by atoms with Crippen molar-refractivity contribution in [1.82, 2.24) is 9.62 Å². The highest BCUT2D eigenvalue weighted by Gasteiger charge is 2.33. The number of rotatable bonds is 6. The zero-order valence-electron chi connectivity index (χ0n) is 16.5. The summed E-state index contributed by atoms with van der Waals surface area (Å²) in [7, 11) is -3.72. The first-order valence-electron chi connectivity index (χ1n) is 9.77. The Labute approximate surface area is 184 Å². The summed E-state index contributed by atoms with van der Waals surface area (Å²) in [6.07, 6.45) is -2.88. The SMILES string of the molecule is O=C(NCCc1ccc(C(F)(F)F)cc1)C1CCCN(S(=O)(=O)c2ccc(Cl)cc2)C1. The van der Waals surface area contributed by atoms with Crippen molar-refractivity contribution in [1.29, 1.82) is 0 Å². The van der Waals surface area contributed by atoms with Crippen molar-refractivity contribution in [3.8, 4) is 0 Å². The number of halogens is 4. The number of carbonyl (C=O) groups excluding carboxylic acids is 1. The van der Waals surface area contributed by atoms with E-state index < -0.39 is 27.7 Å². The summed E-state index contributed by atoms with van der Waals surface area (Å²) in [6.45, 7) is 0.669. The quantitative estimate of drug-likeness (QED) is 0.685. The Bertz CT molecular complexity index is 1010. The van der Waals surface area contributed by atoms with E-state index in [1.165, 1.54) is 40.7 Å². The molecule has 1 aliphatic heterocycles. The number of nitrogens with one attached hydrogen (secondary N) is 1. The van der Waals surface area contributed by atoms with Gasteiger partial charge in [0.25, 0.3) is 0 Å². The van der Waals surface area contributed by atoms with Crippen molar-refractivity contribution in [2.75, 3.05) is 19.6 Å². The standard InChI is InChI=1S/C21H22ClF3N2O3S/c22-18-7-9-19(10-8-18)31(29,30)27-13-1-2-16(14-27)20(28)26-12-11-15-3-5-17(6-4-15)21(23,24)25/h3-10,16H,1-2,11-14H2,(H,26,28). The van der Waals surface area contributed by atoms with Crippen LogP contribution in [0.4, 0.5) is 13.2 Å². The summed E-state index contributed by atoms with van der Waals surface area (Å²) in [4.78, 5) is 12.7. The molecule has 1 aliphatic rings. The first kappa shape index (κ1) is 23.6. The van der Waals surface area contributed by atoms with Gasteiger partial charge in [0, 0.05) is 24.7 Å². The predicted octanol–water partition coefficient (Wildman–Crippen LogP) is 4.12. The van der Waals surface area contributed by atoms with Gasteiger partial charge in [0.1, 0.15) is 0 Å². The Morgan fingerprint density at radius 1 is 1.10 bits per heavy atom. The van der Waals surface area contributed by atoms with Crippen molar-refractivity contribution in [2.45, 2.75) is 30.3 Å². The number of amides is 1. The maximum atomic E-state index is 12.8. The van der Waals surface area contributed by atoms with E-state index in [1.54, 1.807) is 0 Å². The molecule has 1 heterocycles. The van der Waals surface area contributed by atoms with E-state index >= 15 is 0 Å². The molecule has 1 saturated heterocycles. The normalized spacial score (nSPS) is 18.0. The average molecular weight is 475 g/mol. The van der Waals surface area contributed by atoms with Crippen molar-refractivity contribution >= 4 is 27.5 Å². The number of hydrogen-bond acceptors (Lipinski definition) is 3. The van der Waals surface area contributed by atoms with Gasteiger partial charge >= 0.3 is 6.18 Å². The number of sulfonamides is 1. The third-order valence-corrected chi connectivity index (χ3v) is 7.33. The molecule has 1 amide bonds. The van der Waals surface area contributed by atoms with Crippen LogP contribution in [0.15, 0.2) is 53.4 Å². The molecule has 5 nitrogen and oxygen atoms in total. The number of carbonyl (C=O) groups is 1. The number of alkyl halides is 3. The highest BCUT2D eigenvalue weighted by atomic mass is 35.5. The fraction of sp³-hybridized carbons (Fsp3) is 0.381. The Balaban J connectivity index is 1.54. The van der Waals surface area contributed by atoms with Crippen molar-refractivity contribution in [3.05, 3.63) is 64.7 Å². The van der Waals surface area contributed by atoms with E-state index in [-0.39, 0.29) is 23.9 Å². The predicted molar refractivity (Wildman–Crippen MR) is 111 cm³/mol. The van der Waals surface area contributed by atoms with Crippen molar-refractivity contribution in [2.24, 2.45) is 5.92 Å². The van der Waals surface area contributed by atoms with Gasteiger partial charge in [-0.15, -0.1) is 0 Å². The average Bonchev–Trinajstić information content (AvgIpc) is 2.74. The van der Waals surface area contributed by atoms with E-state index in [1.807, 2.05) is 0 Å². The maximum Gasteiger partial charge on any atom is 0.416 e. The molecule has 10 heteroatoms. The van der Waals surface area contributed by atoms with Gasteiger partial charge in [-0.1, -0.05) is 23.7 Å². The summed E-state index contributed by atoms with van der Waals surface area (Å²) in [5.74, 6) is -0.744. The van der Waals surface area contributed by atoms with Crippen LogP contribution in [0.1, 0.15) is 24.0 Å². The monoisotopic (exact) mass is 474 g/mol. The fourth-order valence-electron chi connectivity index (χ4n) is 3.47. The second-order valence-corrected chi connectivity index (χ2v) is 9.77. The molecule has 1 atom stereocenters. The minimum atomic E-state index is -4.38. The minimum Gasteiger partial charge on any atom is -0.355 e. The lowest BCUT2D eigenvalue weighted by molar-refractivity contribution is -0.137. The molecule has 0 saturated carbocycles. The van der Waals surface area contributed by atoms with Gasteiger partial charge in [-0.05, 0) is 61.2 Å². The topological polar surface area (TPSA) is 66.5 Å². The summed E-state index contributed by atoms with van der Waals surface area (Å²) in [5.41, 5.74) is -0.0478. The second kappa shape index (κ2) is 9.58. The number of hydrogen-bond donors (Lipinski definition) is 1. The Kier molecular flexibility index (Phi) is 7.28. The highest BCUT2D eigenvalue weighted by Crippen LogP contribution is 2.29. The zero-order valence-corrected chi connectivity index (χ0v) is 18.1. The van der Waals surface area contributed by atoms with Gasteiger partial charge in [0.2, 0.25) is 15.9 Å². The molecule has 0 spiro atoms. The lowest BCUT2D eigenvalue weighted by Gasteiger charge is -2.31. The van der Waals surface area contributed by atoms with Crippen LogP contribution in [0.3, 0.4) is 0 Å². The number of piperidine rings is 1. The molecule has 2 aromatic rings. The van der Waals surface area contributed by atoms with E-state index in [9.17, 15) is 26.4 Å². The smallest absolute Gasteiger partial charge is 0.355 e. The van der Waals surface area contributed by atoms with E-state index in [2.05, 4.69) is 5.32 Å². The van der Waals surface area contributed by atoms with Gasteiger partial charge in [-0.2, -0.15) is 17.5 Å². The highest BCUT2D eigenvalue weighted by molar-refractivity contribution is 7.89. The van der Waals surface area contributed by atoms with E-state index in [4.69, 9.17) is 11.6 Å². The lowest BCUT2D eigenvalue weighted by atomic mass is 9.98. The summed E-state index contributed by atoms with van der Waals surface area (Å²) >= 11 is 5.82. The van der Waals surface area contributed by atoms with Gasteiger partial charge in [0.05, 0.1) is 16.4 Å². The van der Waals surface area contributed by atoms with Gasteiger partial charge in [-0.3, -0.25) is 4.79 Å². The Morgan fingerprint density at radius 2 is 1.74 bits per heavy atom. The van der Waals surface area contributed by atoms with Gasteiger partial charge < -0.3 is 5.32 Å². The van der Waals surface area contributed by atoms with Crippen molar-refractivity contribution < 1.29 is 26.4 Å². The second-order valence-electron chi connectivity index (χ2n) is 7.39. The molecule has 3 rings (SSSR count). The van der Waals surface area contributed by atoms with Crippen LogP contribution >= 0.6 is 11.6 Å². The minimum absolute atomic E-state index is 0.0804. The van der Waals surface area contributed by atoms with Gasteiger partial charge in [0.15, 0.2) is 0 Å². The molecular weight excluding hydrogens is 453 g/mol. The Hall–Kier alpha value is -2.10. The van der Waals surface area contributed by atoms with Crippen LogP contribution in [0.5, 0.6) is 0 Å². The zero-order chi connectivity index (χ0) is 22.6. The number of nitrogens with zero attached hydrogens (tertiary/aromatic N) is 1.